The molecule has 0 spiro atoms. The highest BCUT2D eigenvalue weighted by Gasteiger charge is 2.15. The number of aromatic nitrogens is 2. The number of nitrogens with zero attached hydrogens (tertiary/aromatic N) is 2. The lowest BCUT2D eigenvalue weighted by Gasteiger charge is -2.11. The van der Waals surface area contributed by atoms with Crippen LogP contribution in [-0.4, -0.2) is 15.5 Å². The number of benzene rings is 4. The summed E-state index contributed by atoms with van der Waals surface area (Å²) in [6, 6.07) is 29.7. The molecule has 0 saturated heterocycles. The predicted molar refractivity (Wildman–Crippen MR) is 127 cm³/mol. The van der Waals surface area contributed by atoms with Gasteiger partial charge in [0.05, 0.1) is 11.0 Å². The molecule has 0 radical (unpaired) electrons. The van der Waals surface area contributed by atoms with E-state index >= 15 is 0 Å². The van der Waals surface area contributed by atoms with Gasteiger partial charge in [-0.1, -0.05) is 66.2 Å². The van der Waals surface area contributed by atoms with Crippen molar-refractivity contribution in [2.75, 3.05) is 5.32 Å². The maximum Gasteiger partial charge on any atom is 0.244 e. The summed E-state index contributed by atoms with van der Waals surface area (Å²) in [6.07, 6.45) is 0.643. The SMILES string of the molecule is O=C(Cn1c(Cc2cccc3ccccc23)nc2ccccc21)Nc1ccc(Cl)cc1. The van der Waals surface area contributed by atoms with Gasteiger partial charge in [0.25, 0.3) is 0 Å². The molecule has 0 aliphatic rings. The maximum absolute atomic E-state index is 12.8. The molecule has 0 aliphatic carbocycles. The molecule has 4 aromatic carbocycles. The Morgan fingerprint density at radius 1 is 0.871 bits per heavy atom. The minimum absolute atomic E-state index is 0.107. The number of anilines is 1. The van der Waals surface area contributed by atoms with Crippen LogP contribution in [0.15, 0.2) is 91.0 Å². The van der Waals surface area contributed by atoms with Crippen molar-refractivity contribution in [1.29, 1.82) is 0 Å². The number of hydrogen-bond donors (Lipinski definition) is 1. The van der Waals surface area contributed by atoms with E-state index in [-0.39, 0.29) is 12.5 Å². The number of carbonyl (C=O) groups is 1. The Labute approximate surface area is 185 Å². The highest BCUT2D eigenvalue weighted by molar-refractivity contribution is 6.30. The van der Waals surface area contributed by atoms with Gasteiger partial charge in [0.2, 0.25) is 5.91 Å². The first kappa shape index (κ1) is 19.3. The second kappa shape index (κ2) is 8.25. The molecule has 0 saturated carbocycles. The molecular weight excluding hydrogens is 406 g/mol. The standard InChI is InChI=1S/C26H20ClN3O/c27-20-12-14-21(15-13-20)28-26(31)17-30-24-11-4-3-10-23(24)29-25(30)16-19-8-5-7-18-6-1-2-9-22(18)19/h1-15H,16-17H2,(H,28,31). The molecule has 0 aliphatic heterocycles. The molecule has 0 atom stereocenters. The van der Waals surface area contributed by atoms with Crippen LogP contribution in [0.2, 0.25) is 5.02 Å². The van der Waals surface area contributed by atoms with Crippen LogP contribution < -0.4 is 5.32 Å². The van der Waals surface area contributed by atoms with Crippen LogP contribution in [0.1, 0.15) is 11.4 Å². The average molecular weight is 426 g/mol. The Balaban J connectivity index is 1.49. The number of para-hydroxylation sites is 2. The van der Waals surface area contributed by atoms with Crippen LogP contribution in [0.3, 0.4) is 0 Å². The number of fused-ring (bicyclic) bond motifs is 2. The molecule has 5 heteroatoms. The van der Waals surface area contributed by atoms with E-state index in [1.807, 2.05) is 41.0 Å². The third kappa shape index (κ3) is 4.03. The van der Waals surface area contributed by atoms with E-state index in [1.54, 1.807) is 24.3 Å². The monoisotopic (exact) mass is 425 g/mol. The Hall–Kier alpha value is -3.63. The summed E-state index contributed by atoms with van der Waals surface area (Å²) in [5.74, 6) is 0.758. The predicted octanol–water partition coefficient (Wildman–Crippen LogP) is 6.07. The van der Waals surface area contributed by atoms with Crippen molar-refractivity contribution < 1.29 is 4.79 Å². The number of nitrogens with one attached hydrogen (secondary N) is 1. The van der Waals surface area contributed by atoms with Crippen LogP contribution in [0.5, 0.6) is 0 Å². The Morgan fingerprint density at radius 3 is 2.48 bits per heavy atom. The lowest BCUT2D eigenvalue weighted by molar-refractivity contribution is -0.116. The summed E-state index contributed by atoms with van der Waals surface area (Å²) in [6.45, 7) is 0.184. The molecule has 5 rings (SSSR count). The number of carbonyl (C=O) groups excluding carboxylic acids is 1. The minimum Gasteiger partial charge on any atom is -0.325 e. The van der Waals surface area contributed by atoms with E-state index < -0.39 is 0 Å². The van der Waals surface area contributed by atoms with E-state index in [0.29, 0.717) is 11.4 Å². The van der Waals surface area contributed by atoms with Gasteiger partial charge in [-0.3, -0.25) is 4.79 Å². The highest BCUT2D eigenvalue weighted by Crippen LogP contribution is 2.24. The smallest absolute Gasteiger partial charge is 0.244 e. The van der Waals surface area contributed by atoms with E-state index in [0.717, 1.165) is 22.5 Å². The molecule has 0 bridgehead atoms. The third-order valence-corrected chi connectivity index (χ3v) is 5.64. The molecule has 5 aromatic rings. The minimum atomic E-state index is -0.107. The first-order chi connectivity index (χ1) is 15.2. The van der Waals surface area contributed by atoms with Crippen molar-refractivity contribution >= 4 is 45.0 Å². The van der Waals surface area contributed by atoms with Gasteiger partial charge in [-0.2, -0.15) is 0 Å². The summed E-state index contributed by atoms with van der Waals surface area (Å²) in [7, 11) is 0. The number of amides is 1. The van der Waals surface area contributed by atoms with Crippen LogP contribution in [0.25, 0.3) is 21.8 Å². The Morgan fingerprint density at radius 2 is 1.61 bits per heavy atom. The summed E-state index contributed by atoms with van der Waals surface area (Å²) in [4.78, 5) is 17.7. The van der Waals surface area contributed by atoms with Gasteiger partial charge in [0.15, 0.2) is 0 Å². The molecule has 0 fully saturated rings. The molecule has 1 heterocycles. The fraction of sp³-hybridized carbons (Fsp3) is 0.0769. The van der Waals surface area contributed by atoms with Gasteiger partial charge in [-0.05, 0) is 52.7 Å². The largest absolute Gasteiger partial charge is 0.325 e. The zero-order chi connectivity index (χ0) is 21.2. The first-order valence-corrected chi connectivity index (χ1v) is 10.5. The summed E-state index contributed by atoms with van der Waals surface area (Å²) in [5.41, 5.74) is 3.74. The molecule has 1 aromatic heterocycles. The Bertz CT molecular complexity index is 1380. The molecule has 31 heavy (non-hydrogen) atoms. The number of halogens is 1. The van der Waals surface area contributed by atoms with Gasteiger partial charge in [0.1, 0.15) is 12.4 Å². The first-order valence-electron chi connectivity index (χ1n) is 10.1. The van der Waals surface area contributed by atoms with Gasteiger partial charge >= 0.3 is 0 Å². The van der Waals surface area contributed by atoms with Crippen molar-refractivity contribution in [3.8, 4) is 0 Å². The maximum atomic E-state index is 12.8. The number of imidazole rings is 1. The second-order valence-electron chi connectivity index (χ2n) is 7.47. The van der Waals surface area contributed by atoms with Crippen molar-refractivity contribution in [3.63, 3.8) is 0 Å². The normalized spacial score (nSPS) is 11.1. The van der Waals surface area contributed by atoms with Crippen molar-refractivity contribution in [1.82, 2.24) is 9.55 Å². The molecule has 1 N–H and O–H groups in total. The summed E-state index contributed by atoms with van der Waals surface area (Å²) < 4.78 is 2.00. The van der Waals surface area contributed by atoms with E-state index in [2.05, 4.69) is 35.6 Å². The molecule has 4 nitrogen and oxygen atoms in total. The van der Waals surface area contributed by atoms with E-state index in [1.165, 1.54) is 16.3 Å². The quantitative estimate of drug-likeness (QED) is 0.371. The summed E-state index contributed by atoms with van der Waals surface area (Å²) >= 11 is 5.94. The van der Waals surface area contributed by atoms with Crippen molar-refractivity contribution in [2.45, 2.75) is 13.0 Å². The zero-order valence-corrected chi connectivity index (χ0v) is 17.5. The molecular formula is C26H20ClN3O. The second-order valence-corrected chi connectivity index (χ2v) is 7.91. The van der Waals surface area contributed by atoms with Crippen molar-refractivity contribution in [2.24, 2.45) is 0 Å². The molecule has 152 valence electrons. The third-order valence-electron chi connectivity index (χ3n) is 5.39. The number of rotatable bonds is 5. The van der Waals surface area contributed by atoms with Crippen LogP contribution in [0, 0.1) is 0 Å². The van der Waals surface area contributed by atoms with Gasteiger partial charge in [0, 0.05) is 17.1 Å². The lowest BCUT2D eigenvalue weighted by atomic mass is 10.0. The number of hydrogen-bond acceptors (Lipinski definition) is 2. The zero-order valence-electron chi connectivity index (χ0n) is 16.8. The fourth-order valence-electron chi connectivity index (χ4n) is 3.93. The van der Waals surface area contributed by atoms with Crippen LogP contribution in [0.4, 0.5) is 5.69 Å². The van der Waals surface area contributed by atoms with Crippen LogP contribution >= 0.6 is 11.6 Å². The molecule has 0 unspecified atom stereocenters. The van der Waals surface area contributed by atoms with Crippen molar-refractivity contribution in [3.05, 3.63) is 107 Å². The Kier molecular flexibility index (Phi) is 5.14. The summed E-state index contributed by atoms with van der Waals surface area (Å²) in [5, 5.41) is 5.98. The van der Waals surface area contributed by atoms with Gasteiger partial charge in [-0.15, -0.1) is 0 Å². The highest BCUT2D eigenvalue weighted by atomic mass is 35.5. The topological polar surface area (TPSA) is 46.9 Å². The van der Waals surface area contributed by atoms with E-state index in [4.69, 9.17) is 16.6 Å². The van der Waals surface area contributed by atoms with Gasteiger partial charge in [-0.25, -0.2) is 4.98 Å². The van der Waals surface area contributed by atoms with Gasteiger partial charge < -0.3 is 9.88 Å². The van der Waals surface area contributed by atoms with E-state index in [9.17, 15) is 4.79 Å². The average Bonchev–Trinajstić information content (AvgIpc) is 3.12. The fourth-order valence-corrected chi connectivity index (χ4v) is 4.06. The lowest BCUT2D eigenvalue weighted by Crippen LogP contribution is -2.20. The van der Waals surface area contributed by atoms with Crippen LogP contribution in [-0.2, 0) is 17.8 Å². The molecule has 1 amide bonds.